The molecule has 0 spiro atoms. The summed E-state index contributed by atoms with van der Waals surface area (Å²) in [6.07, 6.45) is 5.20. The molecule has 0 bridgehead atoms. The van der Waals surface area contributed by atoms with Crippen LogP contribution in [0.2, 0.25) is 0 Å². The van der Waals surface area contributed by atoms with Gasteiger partial charge in [-0.3, -0.25) is 0 Å². The molecule has 596 valence electrons. The second-order valence-electron chi connectivity index (χ2n) is 41.6. The zero-order valence-corrected chi connectivity index (χ0v) is 74.7. The summed E-state index contributed by atoms with van der Waals surface area (Å²) in [5.41, 5.74) is 41.0. The Morgan fingerprint density at radius 3 is 0.966 bits per heavy atom. The third kappa shape index (κ3) is 15.1. The summed E-state index contributed by atoms with van der Waals surface area (Å²) in [5.74, 6) is 2.14. The first-order chi connectivity index (χ1) is 54.6. The first kappa shape index (κ1) is 81.2. The summed E-state index contributed by atoms with van der Waals surface area (Å²) < 4.78 is 0. The van der Waals surface area contributed by atoms with Gasteiger partial charge in [-0.25, -0.2) is 0 Å². The predicted molar refractivity (Wildman–Crippen MR) is 503 cm³/mol. The van der Waals surface area contributed by atoms with E-state index in [1.165, 1.54) is 188 Å². The molecule has 116 heavy (non-hydrogen) atoms. The number of nitrogens with zero attached hydrogens (tertiary/aromatic N) is 3. The highest BCUT2D eigenvalue weighted by Crippen LogP contribution is 2.60. The van der Waals surface area contributed by atoms with E-state index in [-0.39, 0.29) is 43.7 Å². The maximum atomic E-state index is 2.70. The highest BCUT2D eigenvalue weighted by molar-refractivity contribution is 5.91. The highest BCUT2D eigenvalue weighted by atomic mass is 15.2. The van der Waals surface area contributed by atoms with Crippen molar-refractivity contribution in [2.45, 2.75) is 266 Å². The molecule has 0 saturated heterocycles. The maximum Gasteiger partial charge on any atom is 0.0457 e. The molecule has 0 aliphatic heterocycles. The predicted octanol–water partition coefficient (Wildman–Crippen LogP) is 32.4. The molecule has 0 N–H and O–H groups in total. The van der Waals surface area contributed by atoms with E-state index >= 15 is 0 Å². The summed E-state index contributed by atoms with van der Waals surface area (Å²) in [4.78, 5) is 7.94. The molecular formula is C113H129N3. The first-order valence-electron chi connectivity index (χ1n) is 43.5. The van der Waals surface area contributed by atoms with Crippen molar-refractivity contribution >= 4 is 34.1 Å². The molecule has 0 unspecified atom stereocenters. The molecule has 0 aromatic heterocycles. The van der Waals surface area contributed by atoms with Gasteiger partial charge in [0.1, 0.15) is 0 Å². The topological polar surface area (TPSA) is 9.72 Å². The van der Waals surface area contributed by atoms with Gasteiger partial charge < -0.3 is 14.7 Å². The lowest BCUT2D eigenvalue weighted by molar-refractivity contribution is 0.531. The van der Waals surface area contributed by atoms with Crippen LogP contribution in [0.4, 0.5) is 34.1 Å². The fourth-order valence-corrected chi connectivity index (χ4v) is 19.6. The van der Waals surface area contributed by atoms with Crippen LogP contribution < -0.4 is 14.7 Å². The Kier molecular flexibility index (Phi) is 20.9. The molecule has 0 radical (unpaired) electrons. The van der Waals surface area contributed by atoms with Gasteiger partial charge in [-0.05, 0) is 329 Å². The molecule has 0 atom stereocenters. The largest absolute Gasteiger partial charge is 0.336 e. The number of fused-ring (bicyclic) bond motifs is 9. The van der Waals surface area contributed by atoms with E-state index < -0.39 is 0 Å². The van der Waals surface area contributed by atoms with Crippen LogP contribution in [0, 0.1) is 0 Å². The van der Waals surface area contributed by atoms with Gasteiger partial charge in [0, 0.05) is 67.0 Å². The van der Waals surface area contributed by atoms with Gasteiger partial charge in [-0.2, -0.15) is 0 Å². The summed E-state index contributed by atoms with van der Waals surface area (Å²) in [5, 5.41) is 0. The monoisotopic (exact) mass is 1530 g/mol. The lowest BCUT2D eigenvalue weighted by Crippen LogP contribution is -2.40. The van der Waals surface area contributed by atoms with E-state index in [1.807, 2.05) is 0 Å². The minimum atomic E-state index is -0.141. The van der Waals surface area contributed by atoms with E-state index in [0.29, 0.717) is 23.7 Å². The molecule has 17 rings (SSSR count). The smallest absolute Gasteiger partial charge is 0.0457 e. The number of hydrogen-bond donors (Lipinski definition) is 0. The van der Waals surface area contributed by atoms with Crippen LogP contribution in [0.1, 0.15) is 289 Å². The molecule has 3 nitrogen and oxygen atoms in total. The van der Waals surface area contributed by atoms with Crippen molar-refractivity contribution in [3.05, 3.63) is 322 Å². The Bertz CT molecular complexity index is 5440. The number of hydrogen-bond acceptors (Lipinski definition) is 3. The molecule has 2 saturated carbocycles. The van der Waals surface area contributed by atoms with Crippen molar-refractivity contribution < 1.29 is 0 Å². The summed E-state index contributed by atoms with van der Waals surface area (Å²) >= 11 is 0. The van der Waals surface area contributed by atoms with Crippen LogP contribution in [0.5, 0.6) is 0 Å². The fourth-order valence-electron chi connectivity index (χ4n) is 19.6. The third-order valence-corrected chi connectivity index (χ3v) is 25.9. The molecule has 5 aliphatic carbocycles. The molecule has 3 heteroatoms. The number of anilines is 6. The van der Waals surface area contributed by atoms with Crippen LogP contribution in [-0.4, -0.2) is 16.6 Å². The highest BCUT2D eigenvalue weighted by Gasteiger charge is 2.45. The van der Waals surface area contributed by atoms with Crippen molar-refractivity contribution in [3.63, 3.8) is 0 Å². The summed E-state index contributed by atoms with van der Waals surface area (Å²) in [6, 6.07) is 96.0. The average Bonchev–Trinajstić information content (AvgIpc) is 1.54. The number of benzene rings is 12. The lowest BCUT2D eigenvalue weighted by Gasteiger charge is -2.44. The minimum Gasteiger partial charge on any atom is -0.336 e. The van der Waals surface area contributed by atoms with Crippen molar-refractivity contribution in [2.75, 3.05) is 14.7 Å². The first-order valence-corrected chi connectivity index (χ1v) is 43.5. The molecule has 5 aliphatic rings. The summed E-state index contributed by atoms with van der Waals surface area (Å²) in [7, 11) is 0. The Morgan fingerprint density at radius 1 is 0.250 bits per heavy atom. The second kappa shape index (κ2) is 29.9. The zero-order chi connectivity index (χ0) is 82.9. The van der Waals surface area contributed by atoms with Gasteiger partial charge in [-0.15, -0.1) is 0 Å². The maximum absolute atomic E-state index is 2.70. The zero-order valence-electron chi connectivity index (χ0n) is 74.7. The van der Waals surface area contributed by atoms with Gasteiger partial charge in [0.05, 0.1) is 0 Å². The average molecular weight is 1530 g/mol. The van der Waals surface area contributed by atoms with E-state index in [2.05, 4.69) is 443 Å². The van der Waals surface area contributed by atoms with Crippen LogP contribution in [0.15, 0.2) is 255 Å². The minimum absolute atomic E-state index is 0.00278. The van der Waals surface area contributed by atoms with E-state index in [1.54, 1.807) is 5.56 Å². The molecule has 12 aromatic carbocycles. The van der Waals surface area contributed by atoms with Crippen molar-refractivity contribution in [3.8, 4) is 66.8 Å². The van der Waals surface area contributed by atoms with Crippen LogP contribution in [0.3, 0.4) is 0 Å². The lowest BCUT2D eigenvalue weighted by atomic mass is 9.78. The standard InChI is InChI=1S/C39H47N.C37H39N.C37H43N/c1-36(2,3)32-23-27(26-17-13-12-14-18-26)21-22-34(32)40(38(7,8)9)35-25-31-29(24-33(35)37(4,5)6)28-19-15-16-20-30(28)39(31,10)11;1-36(2,3)38(34-20-19-27(21-29(34)25-15-16-25)24-11-7-6-8-12-24)35-23-33-31(22-30(35)26-17-18-26)28-13-9-10-14-32(28)37(33,4)5;1-24(2)29-21-27(26-15-11-10-12-16-26)19-20-34(29)38(36(5,6)7)35-23-33-31(22-30(35)25(3)4)28-17-13-14-18-32(28)37(33,8)9/h12-25H,1-11H3;6-14,19-23,25-26H,15-18H2,1-5H3;10-25H,1-9H3. The SMILES string of the molecule is CC(C)(C)c1cc(-c2ccccc2)ccc1N(c1cc2c(cc1C(C)(C)C)-c1ccccc1C2(C)C)C(C)(C)C.CC(C)c1cc(-c2ccccc2)ccc1N(c1cc2c(cc1C(C)C)-c1ccccc1C2(C)C)C(C)(C)C.CC1(C)c2ccccc2-c2cc(C3CC3)c(N(c3ccc(-c4ccccc4)cc3C3CC3)C(C)(C)C)cc21. The molecule has 2 fully saturated rings. The molecular weight excluding hydrogens is 1400 g/mol. The van der Waals surface area contributed by atoms with Crippen molar-refractivity contribution in [2.24, 2.45) is 0 Å². The van der Waals surface area contributed by atoms with Crippen LogP contribution >= 0.6 is 0 Å². The quantitative estimate of drug-likeness (QED) is 0.114. The van der Waals surface area contributed by atoms with Gasteiger partial charge in [-0.1, -0.05) is 293 Å². The fraction of sp³-hybridized carbons (Fsp3) is 0.363. The van der Waals surface area contributed by atoms with Crippen LogP contribution in [0.25, 0.3) is 66.8 Å². The molecule has 0 heterocycles. The van der Waals surface area contributed by atoms with Crippen LogP contribution in [-0.2, 0) is 27.1 Å². The Morgan fingerprint density at radius 2 is 0.560 bits per heavy atom. The van der Waals surface area contributed by atoms with Crippen molar-refractivity contribution in [1.82, 2.24) is 0 Å². The third-order valence-electron chi connectivity index (χ3n) is 25.9. The Labute approximate surface area is 698 Å². The van der Waals surface area contributed by atoms with E-state index in [0.717, 1.165) is 0 Å². The normalized spacial score (nSPS) is 15.4. The van der Waals surface area contributed by atoms with Gasteiger partial charge in [0.2, 0.25) is 0 Å². The van der Waals surface area contributed by atoms with Crippen molar-refractivity contribution in [1.29, 1.82) is 0 Å². The second-order valence-corrected chi connectivity index (χ2v) is 41.6. The Hall–Kier alpha value is -9.96. The number of rotatable bonds is 13. The molecule has 0 amide bonds. The Balaban J connectivity index is 0.000000137. The molecule has 12 aromatic rings. The van der Waals surface area contributed by atoms with E-state index in [9.17, 15) is 0 Å². The van der Waals surface area contributed by atoms with Gasteiger partial charge in [0.15, 0.2) is 0 Å². The van der Waals surface area contributed by atoms with Gasteiger partial charge >= 0.3 is 0 Å². The summed E-state index contributed by atoms with van der Waals surface area (Å²) in [6.45, 7) is 59.0. The van der Waals surface area contributed by atoms with E-state index in [4.69, 9.17) is 0 Å². The van der Waals surface area contributed by atoms with Gasteiger partial charge in [0.25, 0.3) is 0 Å².